The second-order valence-electron chi connectivity index (χ2n) is 3.75. The molecule has 0 aromatic rings. The van der Waals surface area contributed by atoms with Gasteiger partial charge in [-0.2, -0.15) is 0 Å². The average molecular weight is 219 g/mol. The molecule has 0 saturated heterocycles. The van der Waals surface area contributed by atoms with E-state index in [-0.39, 0.29) is 12.8 Å². The Morgan fingerprint density at radius 2 is 1.23 bits per heavy atom. The molecule has 0 aliphatic rings. The van der Waals surface area contributed by atoms with E-state index in [1.807, 2.05) is 0 Å². The first kappa shape index (κ1) is 13.1. The summed E-state index contributed by atoms with van der Waals surface area (Å²) in [4.78, 5) is 0. The molecule has 0 heterocycles. The lowest BCUT2D eigenvalue weighted by Gasteiger charge is -2.54. The van der Waals surface area contributed by atoms with Gasteiger partial charge in [0, 0.05) is 11.5 Å². The highest BCUT2D eigenvalue weighted by Gasteiger charge is 2.55. The minimum atomic E-state index is -6.64. The van der Waals surface area contributed by atoms with Gasteiger partial charge >= 0.3 is 0 Å². The lowest BCUT2D eigenvalue weighted by Crippen LogP contribution is -2.36. The van der Waals surface area contributed by atoms with E-state index < -0.39 is 21.1 Å². The van der Waals surface area contributed by atoms with Gasteiger partial charge in [-0.1, -0.05) is 26.7 Å². The van der Waals surface area contributed by atoms with Crippen LogP contribution in [0.15, 0.2) is 0 Å². The molecule has 0 unspecified atom stereocenters. The molecule has 0 aromatic heterocycles. The van der Waals surface area contributed by atoms with Crippen LogP contribution in [-0.4, -0.2) is 11.5 Å². The molecular weight excluding hydrogens is 199 g/mol. The summed E-state index contributed by atoms with van der Waals surface area (Å²) in [6.07, 6.45) is 1.40. The van der Waals surface area contributed by atoms with E-state index in [9.17, 15) is 11.7 Å². The van der Waals surface area contributed by atoms with E-state index in [0.717, 1.165) is 0 Å². The molecule has 0 bridgehead atoms. The number of halogens is 3. The summed E-state index contributed by atoms with van der Waals surface area (Å²) in [5.41, 5.74) is 0. The van der Waals surface area contributed by atoms with Gasteiger partial charge in [0.25, 0.3) is 0 Å². The van der Waals surface area contributed by atoms with Gasteiger partial charge in [0.05, 0.1) is 9.64 Å². The van der Waals surface area contributed by atoms with Gasteiger partial charge in [-0.3, -0.25) is 0 Å². The largest absolute Gasteiger partial charge is 0.244 e. The van der Waals surface area contributed by atoms with Crippen LogP contribution in [0.3, 0.4) is 0 Å². The summed E-state index contributed by atoms with van der Waals surface area (Å²) in [7, 11) is -6.64. The first-order valence-electron chi connectivity index (χ1n) is 4.69. The maximum atomic E-state index is 13.4. The van der Waals surface area contributed by atoms with Crippen LogP contribution in [0.1, 0.15) is 39.5 Å². The summed E-state index contributed by atoms with van der Waals surface area (Å²) in [5, 5.41) is 4.69. The fourth-order valence-electron chi connectivity index (χ4n) is 1.09. The van der Waals surface area contributed by atoms with Gasteiger partial charge in [0.2, 0.25) is 0 Å². The highest BCUT2D eigenvalue weighted by Crippen LogP contribution is 2.88. The van der Waals surface area contributed by atoms with E-state index in [4.69, 9.17) is 5.14 Å². The van der Waals surface area contributed by atoms with Crippen molar-refractivity contribution in [1.82, 2.24) is 0 Å². The normalized spacial score (nSPS) is 18.0. The zero-order valence-electron chi connectivity index (χ0n) is 8.36. The third-order valence-electron chi connectivity index (χ3n) is 1.98. The molecule has 0 aliphatic heterocycles. The lowest BCUT2D eigenvalue weighted by molar-refractivity contribution is 0.526. The topological polar surface area (TPSA) is 26.0 Å². The fourth-order valence-corrected chi connectivity index (χ4v) is 3.27. The molecular formula is C8H20F3NS. The third-order valence-corrected chi connectivity index (χ3v) is 4.53. The lowest BCUT2D eigenvalue weighted by atomic mass is 10.4. The Morgan fingerprint density at radius 3 is 1.46 bits per heavy atom. The number of hydrogen-bond donors (Lipinski definition) is 1. The summed E-state index contributed by atoms with van der Waals surface area (Å²) < 4.78 is 40.2. The predicted molar refractivity (Wildman–Crippen MR) is 54.7 cm³/mol. The molecule has 0 amide bonds. The molecule has 84 valence electrons. The van der Waals surface area contributed by atoms with Crippen LogP contribution in [0.5, 0.6) is 0 Å². The molecule has 0 atom stereocenters. The van der Waals surface area contributed by atoms with Crippen LogP contribution in [0.2, 0.25) is 0 Å². The Bertz CT molecular complexity index is 158. The van der Waals surface area contributed by atoms with Gasteiger partial charge in [-0.25, -0.2) is 5.14 Å². The third kappa shape index (κ3) is 6.21. The van der Waals surface area contributed by atoms with Gasteiger partial charge in [0.1, 0.15) is 0 Å². The van der Waals surface area contributed by atoms with Crippen LogP contribution >= 0.6 is 9.64 Å². The molecule has 0 rings (SSSR count). The number of hydrogen-bond acceptors (Lipinski definition) is 1. The standard InChI is InChI=1S/C8H20F3NS/c1-3-5-7-13(9,10,11,12)8-6-4-2/h3-8,12H2,1-2H3. The smallest absolute Gasteiger partial charge is 0.0911 e. The molecule has 13 heavy (non-hydrogen) atoms. The maximum Gasteiger partial charge on any atom is 0.0911 e. The monoisotopic (exact) mass is 219 g/mol. The van der Waals surface area contributed by atoms with Crippen molar-refractivity contribution in [3.05, 3.63) is 0 Å². The van der Waals surface area contributed by atoms with E-state index in [1.54, 1.807) is 13.8 Å². The second-order valence-corrected chi connectivity index (χ2v) is 7.83. The zero-order chi connectivity index (χ0) is 10.7. The average Bonchev–Trinajstić information content (AvgIpc) is 1.97. The first-order valence-corrected chi connectivity index (χ1v) is 7.24. The minimum Gasteiger partial charge on any atom is -0.244 e. The first-order chi connectivity index (χ1) is 5.62. The molecule has 0 aromatic carbocycles. The summed E-state index contributed by atoms with van der Waals surface area (Å²) >= 11 is 0. The van der Waals surface area contributed by atoms with Gasteiger partial charge in [-0.05, 0) is 12.8 Å². The van der Waals surface area contributed by atoms with Crippen LogP contribution in [0, 0.1) is 0 Å². The maximum absolute atomic E-state index is 13.4. The SMILES string of the molecule is CCCCS(N)(F)(F)(F)CCCC. The zero-order valence-corrected chi connectivity index (χ0v) is 9.18. The molecule has 0 radical (unpaired) electrons. The Kier molecular flexibility index (Phi) is 3.37. The summed E-state index contributed by atoms with van der Waals surface area (Å²) in [6.45, 7) is 3.49. The fraction of sp³-hybridized carbons (Fsp3) is 1.00. The molecule has 0 aliphatic carbocycles. The van der Waals surface area contributed by atoms with Crippen molar-refractivity contribution < 1.29 is 11.7 Å². The number of rotatable bonds is 6. The highest BCUT2D eigenvalue weighted by molar-refractivity contribution is 8.51. The minimum absolute atomic E-state index is 0.158. The van der Waals surface area contributed by atoms with Crippen LogP contribution in [-0.2, 0) is 0 Å². The van der Waals surface area contributed by atoms with Crippen molar-refractivity contribution >= 4 is 9.64 Å². The van der Waals surface area contributed by atoms with Gasteiger partial charge in [-0.15, -0.1) is 11.7 Å². The second kappa shape index (κ2) is 3.35. The Labute approximate surface area is 78.1 Å². The van der Waals surface area contributed by atoms with E-state index >= 15 is 0 Å². The number of unbranched alkanes of at least 4 members (excludes halogenated alkanes) is 2. The van der Waals surface area contributed by atoms with Crippen molar-refractivity contribution in [3.63, 3.8) is 0 Å². The Morgan fingerprint density at radius 1 is 0.923 bits per heavy atom. The van der Waals surface area contributed by atoms with E-state index in [2.05, 4.69) is 0 Å². The van der Waals surface area contributed by atoms with Gasteiger partial charge in [0.15, 0.2) is 0 Å². The van der Waals surface area contributed by atoms with Crippen molar-refractivity contribution in [2.75, 3.05) is 11.5 Å². The molecule has 1 nitrogen and oxygen atoms in total. The van der Waals surface area contributed by atoms with Crippen LogP contribution in [0.4, 0.5) is 11.7 Å². The molecule has 5 heteroatoms. The van der Waals surface area contributed by atoms with Crippen LogP contribution in [0.25, 0.3) is 0 Å². The van der Waals surface area contributed by atoms with Crippen molar-refractivity contribution in [2.45, 2.75) is 39.5 Å². The molecule has 2 N–H and O–H groups in total. The Balaban J connectivity index is 4.38. The molecule has 0 saturated carbocycles. The molecule has 0 spiro atoms. The highest BCUT2D eigenvalue weighted by atomic mass is 32.4. The van der Waals surface area contributed by atoms with Crippen molar-refractivity contribution in [3.8, 4) is 0 Å². The predicted octanol–water partition coefficient (Wildman–Crippen LogP) is 3.99. The van der Waals surface area contributed by atoms with E-state index in [0.29, 0.717) is 12.8 Å². The van der Waals surface area contributed by atoms with E-state index in [1.165, 1.54) is 0 Å². The summed E-state index contributed by atoms with van der Waals surface area (Å²) in [5.74, 6) is -1.53. The Hall–Kier alpha value is 0.100. The number of nitrogens with two attached hydrogens (primary N) is 1. The van der Waals surface area contributed by atoms with Gasteiger partial charge < -0.3 is 0 Å². The molecule has 0 fully saturated rings. The van der Waals surface area contributed by atoms with Crippen molar-refractivity contribution in [1.29, 1.82) is 0 Å². The summed E-state index contributed by atoms with van der Waals surface area (Å²) in [6, 6.07) is 0. The van der Waals surface area contributed by atoms with Crippen molar-refractivity contribution in [2.24, 2.45) is 5.14 Å². The van der Waals surface area contributed by atoms with Crippen LogP contribution < -0.4 is 5.14 Å². The quantitative estimate of drug-likeness (QED) is 0.718.